The van der Waals surface area contributed by atoms with E-state index in [2.05, 4.69) is 22.4 Å². The van der Waals surface area contributed by atoms with Gasteiger partial charge in [-0.15, -0.1) is 0 Å². The van der Waals surface area contributed by atoms with Gasteiger partial charge >= 0.3 is 0 Å². The molecule has 4 aromatic rings. The van der Waals surface area contributed by atoms with Crippen LogP contribution in [0.2, 0.25) is 0 Å². The molecule has 1 fully saturated rings. The van der Waals surface area contributed by atoms with Crippen molar-refractivity contribution in [2.75, 3.05) is 45.8 Å². The van der Waals surface area contributed by atoms with E-state index in [1.807, 2.05) is 68.1 Å². The standard InChI is InChI=1S/C30H35N5O4/c1-30(2,3)39-33-24-9-7-18(17-26(24)38-5)20-14-22-21-8-6-19(29(37)35-12-10-34(4)11-13-35)16-25(21)32-27(22)23(15-20)28(31)36/h6-9,14-17,32-33H,10-13H2,1-5H3,(H2,31,36). The molecule has 0 aliphatic carbocycles. The Kier molecular flexibility index (Phi) is 6.96. The van der Waals surface area contributed by atoms with Crippen LogP contribution in [0.1, 0.15) is 41.5 Å². The molecule has 0 spiro atoms. The summed E-state index contributed by atoms with van der Waals surface area (Å²) in [7, 11) is 3.66. The van der Waals surface area contributed by atoms with Crippen LogP contribution in [0.4, 0.5) is 5.69 Å². The minimum atomic E-state index is -0.536. The van der Waals surface area contributed by atoms with Crippen LogP contribution in [0.25, 0.3) is 32.9 Å². The highest BCUT2D eigenvalue weighted by molar-refractivity contribution is 6.17. The van der Waals surface area contributed by atoms with E-state index in [1.165, 1.54) is 0 Å². The van der Waals surface area contributed by atoms with Crippen molar-refractivity contribution >= 4 is 39.3 Å². The average molecular weight is 530 g/mol. The van der Waals surface area contributed by atoms with E-state index in [1.54, 1.807) is 13.2 Å². The molecule has 204 valence electrons. The summed E-state index contributed by atoms with van der Waals surface area (Å²) in [5.41, 5.74) is 13.2. The second-order valence-corrected chi connectivity index (χ2v) is 11.0. The molecule has 1 aliphatic heterocycles. The molecule has 5 rings (SSSR count). The van der Waals surface area contributed by atoms with Gasteiger partial charge in [0.15, 0.2) is 0 Å². The van der Waals surface area contributed by atoms with Gasteiger partial charge in [0.25, 0.3) is 11.8 Å². The molecule has 3 aromatic carbocycles. The Morgan fingerprint density at radius 2 is 1.69 bits per heavy atom. The number of carbonyl (C=O) groups excluding carboxylic acids is 2. The van der Waals surface area contributed by atoms with Gasteiger partial charge in [0.1, 0.15) is 11.4 Å². The molecule has 9 nitrogen and oxygen atoms in total. The van der Waals surface area contributed by atoms with E-state index in [0.29, 0.717) is 41.2 Å². The molecule has 2 amide bonds. The molecule has 0 radical (unpaired) electrons. The minimum absolute atomic E-state index is 0.00991. The van der Waals surface area contributed by atoms with Gasteiger partial charge in [-0.3, -0.25) is 19.9 Å². The van der Waals surface area contributed by atoms with Crippen molar-refractivity contribution < 1.29 is 19.2 Å². The number of H-pyrrole nitrogens is 1. The highest BCUT2D eigenvalue weighted by atomic mass is 16.7. The highest BCUT2D eigenvalue weighted by Gasteiger charge is 2.22. The maximum absolute atomic E-state index is 13.2. The molecule has 1 saturated heterocycles. The summed E-state index contributed by atoms with van der Waals surface area (Å²) < 4.78 is 5.61. The lowest BCUT2D eigenvalue weighted by molar-refractivity contribution is 0.0371. The smallest absolute Gasteiger partial charge is 0.254 e. The van der Waals surface area contributed by atoms with Gasteiger partial charge in [-0.05, 0) is 75.3 Å². The molecule has 2 heterocycles. The third kappa shape index (κ3) is 5.41. The van der Waals surface area contributed by atoms with Crippen molar-refractivity contribution in [1.82, 2.24) is 14.8 Å². The number of amides is 2. The second kappa shape index (κ2) is 10.2. The molecule has 1 aromatic heterocycles. The number of primary amides is 1. The number of benzene rings is 3. The average Bonchev–Trinajstić information content (AvgIpc) is 3.28. The number of rotatable bonds is 6. The molecule has 9 heteroatoms. The first-order valence-electron chi connectivity index (χ1n) is 13.0. The zero-order chi connectivity index (χ0) is 27.9. The van der Waals surface area contributed by atoms with Crippen molar-refractivity contribution in [3.8, 4) is 16.9 Å². The lowest BCUT2D eigenvalue weighted by Gasteiger charge is -2.32. The predicted molar refractivity (Wildman–Crippen MR) is 154 cm³/mol. The lowest BCUT2D eigenvalue weighted by atomic mass is 9.98. The maximum Gasteiger partial charge on any atom is 0.254 e. The number of hydrogen-bond donors (Lipinski definition) is 3. The lowest BCUT2D eigenvalue weighted by Crippen LogP contribution is -2.47. The van der Waals surface area contributed by atoms with E-state index in [-0.39, 0.29) is 11.5 Å². The van der Waals surface area contributed by atoms with Gasteiger partial charge in [0.2, 0.25) is 0 Å². The summed E-state index contributed by atoms with van der Waals surface area (Å²) in [5.74, 6) is 0.0742. The summed E-state index contributed by atoms with van der Waals surface area (Å²) in [4.78, 5) is 38.8. The van der Waals surface area contributed by atoms with E-state index in [0.717, 1.165) is 40.5 Å². The number of nitrogens with zero attached hydrogens (tertiary/aromatic N) is 2. The first-order chi connectivity index (χ1) is 18.5. The van der Waals surface area contributed by atoms with Gasteiger partial charge in [0.05, 0.1) is 23.8 Å². The number of anilines is 1. The van der Waals surface area contributed by atoms with E-state index in [9.17, 15) is 9.59 Å². The van der Waals surface area contributed by atoms with Gasteiger partial charge in [-0.25, -0.2) is 0 Å². The molecule has 0 atom stereocenters. The fraction of sp³-hybridized carbons (Fsp3) is 0.333. The number of hydrogen-bond acceptors (Lipinski definition) is 6. The molecule has 39 heavy (non-hydrogen) atoms. The molecule has 0 unspecified atom stereocenters. The van der Waals surface area contributed by atoms with Gasteiger partial charge < -0.3 is 25.3 Å². The number of aromatic nitrogens is 1. The van der Waals surface area contributed by atoms with Crippen molar-refractivity contribution in [3.63, 3.8) is 0 Å². The number of aromatic amines is 1. The summed E-state index contributed by atoms with van der Waals surface area (Å²) in [5, 5.41) is 1.76. The maximum atomic E-state index is 13.2. The predicted octanol–water partition coefficient (Wildman–Crippen LogP) is 4.63. The first kappa shape index (κ1) is 26.5. The zero-order valence-corrected chi connectivity index (χ0v) is 23.1. The van der Waals surface area contributed by atoms with Gasteiger partial charge in [0, 0.05) is 48.0 Å². The number of piperazine rings is 1. The minimum Gasteiger partial charge on any atom is -0.494 e. The summed E-state index contributed by atoms with van der Waals surface area (Å²) >= 11 is 0. The van der Waals surface area contributed by atoms with Crippen LogP contribution in [-0.2, 0) is 4.84 Å². The molecule has 0 bridgehead atoms. The number of nitrogens with one attached hydrogen (secondary N) is 2. The molecule has 0 saturated carbocycles. The van der Waals surface area contributed by atoms with Crippen LogP contribution in [0.15, 0.2) is 48.5 Å². The normalized spacial score (nSPS) is 14.6. The number of likely N-dealkylation sites (N-methyl/N-ethyl adjacent to an activating group) is 1. The van der Waals surface area contributed by atoms with Crippen molar-refractivity contribution in [2.45, 2.75) is 26.4 Å². The Morgan fingerprint density at radius 1 is 0.949 bits per heavy atom. The molecule has 4 N–H and O–H groups in total. The van der Waals surface area contributed by atoms with E-state index in [4.69, 9.17) is 15.3 Å². The highest BCUT2D eigenvalue weighted by Crippen LogP contribution is 2.36. The topological polar surface area (TPSA) is 113 Å². The zero-order valence-electron chi connectivity index (χ0n) is 23.1. The summed E-state index contributed by atoms with van der Waals surface area (Å²) in [6.07, 6.45) is 0. The Hall–Kier alpha value is -4.08. The van der Waals surface area contributed by atoms with Crippen LogP contribution < -0.4 is 16.0 Å². The quantitative estimate of drug-likeness (QED) is 0.314. The fourth-order valence-electron chi connectivity index (χ4n) is 4.86. The third-order valence-electron chi connectivity index (χ3n) is 7.01. The Balaban J connectivity index is 1.54. The van der Waals surface area contributed by atoms with Crippen LogP contribution in [0, 0.1) is 0 Å². The van der Waals surface area contributed by atoms with Crippen molar-refractivity contribution in [1.29, 1.82) is 0 Å². The van der Waals surface area contributed by atoms with E-state index < -0.39 is 5.91 Å². The number of methoxy groups -OCH3 is 1. The van der Waals surface area contributed by atoms with Crippen LogP contribution in [0.5, 0.6) is 5.75 Å². The second-order valence-electron chi connectivity index (χ2n) is 11.0. The SMILES string of the molecule is COc1cc(-c2cc(C(N)=O)c3[nH]c4cc(C(=O)N5CCN(C)CC5)ccc4c3c2)ccc1NOC(C)(C)C. The Bertz CT molecular complexity index is 1560. The number of fused-ring (bicyclic) bond motifs is 3. The van der Waals surface area contributed by atoms with E-state index >= 15 is 0 Å². The number of nitrogens with two attached hydrogens (primary N) is 1. The van der Waals surface area contributed by atoms with Gasteiger partial charge in [-0.2, -0.15) is 0 Å². The molecular formula is C30H35N5O4. The third-order valence-corrected chi connectivity index (χ3v) is 7.01. The summed E-state index contributed by atoms with van der Waals surface area (Å²) in [6, 6.07) is 15.2. The molecule has 1 aliphatic rings. The Labute approximate surface area is 227 Å². The molecular weight excluding hydrogens is 494 g/mol. The number of ether oxygens (including phenoxy) is 1. The van der Waals surface area contributed by atoms with Crippen LogP contribution >= 0.6 is 0 Å². The van der Waals surface area contributed by atoms with Gasteiger partial charge in [-0.1, -0.05) is 12.1 Å². The Morgan fingerprint density at radius 3 is 2.36 bits per heavy atom. The fourth-order valence-corrected chi connectivity index (χ4v) is 4.86. The summed E-state index contributed by atoms with van der Waals surface area (Å²) in [6.45, 7) is 8.98. The van der Waals surface area contributed by atoms with Crippen LogP contribution in [-0.4, -0.2) is 72.5 Å². The monoisotopic (exact) mass is 529 g/mol. The van der Waals surface area contributed by atoms with Crippen molar-refractivity contribution in [2.24, 2.45) is 5.73 Å². The largest absolute Gasteiger partial charge is 0.494 e. The van der Waals surface area contributed by atoms with Crippen molar-refractivity contribution in [3.05, 3.63) is 59.7 Å². The first-order valence-corrected chi connectivity index (χ1v) is 13.0. The van der Waals surface area contributed by atoms with Crippen LogP contribution in [0.3, 0.4) is 0 Å². The number of carbonyl (C=O) groups is 2.